The van der Waals surface area contributed by atoms with Crippen LogP contribution in [0.2, 0.25) is 4.94 Å². The van der Waals surface area contributed by atoms with E-state index in [9.17, 15) is 29.7 Å². The molecule has 0 aromatic rings. The van der Waals surface area contributed by atoms with Crippen molar-refractivity contribution in [3.8, 4) is 0 Å². The molecule has 0 aliphatic heterocycles. The van der Waals surface area contributed by atoms with E-state index in [0.717, 1.165) is 38.5 Å². The van der Waals surface area contributed by atoms with Gasteiger partial charge in [0.15, 0.2) is 0 Å². The Balaban J connectivity index is -0.000000398. The normalized spacial score (nSPS) is 10.6. The zero-order valence-electron chi connectivity index (χ0n) is 42.4. The van der Waals surface area contributed by atoms with Crippen LogP contribution in [0.4, 0.5) is 0 Å². The van der Waals surface area contributed by atoms with Crippen LogP contribution in [-0.2, 0) is 14.4 Å². The van der Waals surface area contributed by atoms with E-state index in [1.807, 2.05) is 0 Å². The average molecular weight is 984 g/mol. The van der Waals surface area contributed by atoms with E-state index in [2.05, 4.69) is 25.7 Å². The molecular weight excluding hydrogens is 875 g/mol. The first-order valence-electron chi connectivity index (χ1n) is 27.4. The molecule has 368 valence electrons. The number of unbranched alkanes of at least 4 members (excludes halogenated alkanes) is 42. The van der Waals surface area contributed by atoms with Crippen LogP contribution in [0.1, 0.15) is 329 Å². The molecule has 0 amide bonds. The predicted molar refractivity (Wildman–Crippen MR) is 265 cm³/mol. The fourth-order valence-electron chi connectivity index (χ4n) is 7.92. The molecule has 0 spiro atoms. The minimum absolute atomic E-state index is 0.234. The molecule has 0 fully saturated rings. The Morgan fingerprint density at radius 3 is 0.419 bits per heavy atom. The summed E-state index contributed by atoms with van der Waals surface area (Å²) in [6, 6.07) is 0. The van der Waals surface area contributed by atoms with Gasteiger partial charge in [-0.05, 0) is 38.5 Å². The van der Waals surface area contributed by atoms with Gasteiger partial charge in [0, 0.05) is 17.9 Å². The van der Waals surface area contributed by atoms with Crippen molar-refractivity contribution in [3.63, 3.8) is 0 Å². The van der Waals surface area contributed by atoms with E-state index in [1.165, 1.54) is 250 Å². The molecule has 0 unspecified atom stereocenters. The second kappa shape index (κ2) is 66.8. The zero-order chi connectivity index (χ0) is 46.7. The fraction of sp³-hybridized carbons (Fsp3) is 0.945. The van der Waals surface area contributed by atoms with Crippen LogP contribution in [0.3, 0.4) is 0 Å². The molecule has 6 nitrogen and oxygen atoms in total. The van der Waals surface area contributed by atoms with Gasteiger partial charge in [-0.25, -0.2) is 0 Å². The number of hydrogen-bond acceptors (Lipinski definition) is 6. The maximum atomic E-state index is 10.2. The molecule has 0 aromatic heterocycles. The summed E-state index contributed by atoms with van der Waals surface area (Å²) in [6.45, 7) is 6.80. The molecule has 0 radical (unpaired) electrons. The van der Waals surface area contributed by atoms with Crippen molar-refractivity contribution in [3.05, 3.63) is 0 Å². The molecule has 7 heteroatoms. The van der Waals surface area contributed by atoms with E-state index in [1.54, 1.807) is 22.5 Å². The minimum atomic E-state index is -0.903. The van der Waals surface area contributed by atoms with Crippen LogP contribution in [0, 0.1) is 0 Å². The third kappa shape index (κ3) is 79.6. The summed E-state index contributed by atoms with van der Waals surface area (Å²) in [7, 11) is 0. The van der Waals surface area contributed by atoms with Crippen LogP contribution in [0.25, 0.3) is 0 Å². The fourth-order valence-corrected chi connectivity index (χ4v) is 7.92. The van der Waals surface area contributed by atoms with Crippen LogP contribution in [-0.4, -0.2) is 40.4 Å². The van der Waals surface area contributed by atoms with Gasteiger partial charge in [0.25, 0.3) is 0 Å². The van der Waals surface area contributed by atoms with E-state index >= 15 is 0 Å². The molecule has 0 aliphatic carbocycles. The van der Waals surface area contributed by atoms with Crippen LogP contribution in [0.15, 0.2) is 0 Å². The second-order valence-electron chi connectivity index (χ2n) is 18.2. The van der Waals surface area contributed by atoms with Gasteiger partial charge in [0.05, 0.1) is 0 Å². The summed E-state index contributed by atoms with van der Waals surface area (Å²) in [4.78, 5) is 32.8. The summed E-state index contributed by atoms with van der Waals surface area (Å²) in [5.41, 5.74) is 0. The van der Waals surface area contributed by atoms with Crippen LogP contribution >= 0.6 is 0 Å². The van der Waals surface area contributed by atoms with Crippen LogP contribution in [0.5, 0.6) is 0 Å². The first-order chi connectivity index (χ1) is 30.3. The van der Waals surface area contributed by atoms with Crippen molar-refractivity contribution < 1.29 is 29.7 Å². The molecule has 0 atom stereocenters. The maximum absolute atomic E-state index is 10.2. The molecule has 0 heterocycles. The third-order valence-electron chi connectivity index (χ3n) is 12.0. The van der Waals surface area contributed by atoms with E-state index in [-0.39, 0.29) is 19.3 Å². The van der Waals surface area contributed by atoms with E-state index in [0.29, 0.717) is 0 Å². The van der Waals surface area contributed by atoms with Crippen molar-refractivity contribution in [1.29, 1.82) is 0 Å². The average Bonchev–Trinajstić information content (AvgIpc) is 3.26. The van der Waals surface area contributed by atoms with Gasteiger partial charge in [-0.15, -0.1) is 0 Å². The second-order valence-corrected chi connectivity index (χ2v) is 18.2. The number of rotatable bonds is 48. The Morgan fingerprint density at radius 2 is 0.323 bits per heavy atom. The van der Waals surface area contributed by atoms with Gasteiger partial charge < -0.3 is 29.7 Å². The van der Waals surface area contributed by atoms with Crippen molar-refractivity contribution in [2.75, 3.05) is 0 Å². The molecule has 0 aliphatic rings. The number of carbonyl (C=O) groups is 3. The topological polar surface area (TPSA) is 120 Å². The van der Waals surface area contributed by atoms with Crippen molar-refractivity contribution in [2.24, 2.45) is 0 Å². The number of carbonyl (C=O) groups excluding carboxylic acids is 3. The number of carboxylic acids is 3. The Labute approximate surface area is 402 Å². The van der Waals surface area contributed by atoms with Gasteiger partial charge in [0.1, 0.15) is 0 Å². The summed E-state index contributed by atoms with van der Waals surface area (Å²) in [5, 5.41) is 30.7. The molecule has 0 rings (SSSR count). The Morgan fingerprint density at radius 1 is 0.226 bits per heavy atom. The van der Waals surface area contributed by atoms with Crippen LogP contribution < -0.4 is 15.3 Å². The van der Waals surface area contributed by atoms with Gasteiger partial charge in [-0.2, -0.15) is 0 Å². The van der Waals surface area contributed by atoms with Crippen molar-refractivity contribution in [2.45, 2.75) is 334 Å². The zero-order valence-corrected chi connectivity index (χ0v) is 45.2. The number of hydrogen-bond donors (Lipinski definition) is 0. The van der Waals surface area contributed by atoms with Gasteiger partial charge in [0.2, 0.25) is 0 Å². The molecule has 62 heavy (non-hydrogen) atoms. The molecule has 0 saturated heterocycles. The van der Waals surface area contributed by atoms with Crippen molar-refractivity contribution >= 4 is 40.4 Å². The Kier molecular flexibility index (Phi) is 73.1. The molecule has 0 N–H and O–H groups in total. The summed E-state index contributed by atoms with van der Waals surface area (Å²) in [5.74, 6) is -2.71. The number of carboxylic acid groups (broad SMARTS) is 3. The molecule has 0 saturated carbocycles. The standard InChI is InChI=1S/3C18H36O2.CH3.Sn/c3*1-2-3-4-5-6-7-8-9-10-11-12-13-14-15-16-17-18(19)20;;/h3*2-17H2,1H3,(H,19,20);1H3;/q;;;;+3/p-3. The first-order valence-corrected chi connectivity index (χ1v) is 30.3. The van der Waals surface area contributed by atoms with Gasteiger partial charge in [-0.1, -0.05) is 290 Å². The Bertz CT molecular complexity index is 717. The van der Waals surface area contributed by atoms with Gasteiger partial charge >= 0.3 is 27.5 Å². The monoisotopic (exact) mass is 985 g/mol. The molecule has 0 bridgehead atoms. The third-order valence-corrected chi connectivity index (χ3v) is 12.0. The first kappa shape index (κ1) is 67.8. The van der Waals surface area contributed by atoms with E-state index in [4.69, 9.17) is 0 Å². The summed E-state index contributed by atoms with van der Waals surface area (Å²) >= 11 is 1.55. The van der Waals surface area contributed by atoms with Gasteiger partial charge in [-0.3, -0.25) is 0 Å². The summed E-state index contributed by atoms with van der Waals surface area (Å²) in [6.07, 6.45) is 59.6. The SMILES string of the molecule is CCCCCCCCCCCCCCCCCC(=O)[O-].CCCCCCCCCCCCCCCCCC(=O)[O-].CCCCCCCCCCCCCCCCCC(=O)[O-].[CH3][Sn+3]. The number of aliphatic carboxylic acids is 3. The predicted octanol–water partition coefficient (Wildman–Crippen LogP) is 15.2. The summed E-state index contributed by atoms with van der Waals surface area (Å²) < 4.78 is 0. The quantitative estimate of drug-likeness (QED) is 0.0442. The molecule has 0 aromatic carbocycles. The molecular formula is C55H108O6Sn. The van der Waals surface area contributed by atoms with E-state index < -0.39 is 17.9 Å². The van der Waals surface area contributed by atoms with Crippen molar-refractivity contribution in [1.82, 2.24) is 0 Å². The Hall–Kier alpha value is -0.791.